The van der Waals surface area contributed by atoms with Gasteiger partial charge in [-0.3, -0.25) is 0 Å². The Balaban J connectivity index is 1.69. The number of hydrogen-bond acceptors (Lipinski definition) is 5. The second kappa shape index (κ2) is 10.1. The summed E-state index contributed by atoms with van der Waals surface area (Å²) in [6.07, 6.45) is 2.96. The quantitative estimate of drug-likeness (QED) is 0.432. The molecule has 6 nitrogen and oxygen atoms in total. The number of piperidine rings is 1. The molecule has 1 aliphatic rings. The first-order valence-corrected chi connectivity index (χ1v) is 14.1. The van der Waals surface area contributed by atoms with Crippen LogP contribution in [0.15, 0.2) is 63.8 Å². The van der Waals surface area contributed by atoms with Gasteiger partial charge in [-0.2, -0.15) is 4.31 Å². The average molecular weight is 500 g/mol. The van der Waals surface area contributed by atoms with Crippen LogP contribution < -0.4 is 9.54 Å². The molecule has 0 aliphatic carbocycles. The minimum Gasteiger partial charge on any atom is -0.494 e. The summed E-state index contributed by atoms with van der Waals surface area (Å²) in [5.74, 6) is 0.830. The van der Waals surface area contributed by atoms with Gasteiger partial charge in [-0.1, -0.05) is 18.6 Å². The predicted molar refractivity (Wildman–Crippen MR) is 138 cm³/mol. The third kappa shape index (κ3) is 5.29. The van der Waals surface area contributed by atoms with Crippen molar-refractivity contribution in [2.24, 2.45) is 4.99 Å². The van der Waals surface area contributed by atoms with E-state index in [2.05, 4.69) is 30.7 Å². The molecule has 0 unspecified atom stereocenters. The molecule has 0 radical (unpaired) electrons. The van der Waals surface area contributed by atoms with Crippen LogP contribution in [0.1, 0.15) is 47.0 Å². The van der Waals surface area contributed by atoms with Crippen molar-refractivity contribution >= 4 is 27.0 Å². The molecule has 0 amide bonds. The van der Waals surface area contributed by atoms with Gasteiger partial charge in [-0.15, -0.1) is 11.3 Å². The molecule has 34 heavy (non-hydrogen) atoms. The van der Waals surface area contributed by atoms with E-state index in [9.17, 15) is 8.42 Å². The Morgan fingerprint density at radius 2 is 1.62 bits per heavy atom. The maximum absolute atomic E-state index is 13.0. The van der Waals surface area contributed by atoms with Crippen LogP contribution in [0.2, 0.25) is 0 Å². The van der Waals surface area contributed by atoms with E-state index in [0.29, 0.717) is 24.6 Å². The molecule has 3 aromatic rings. The molecule has 2 heterocycles. The molecule has 0 bridgehead atoms. The van der Waals surface area contributed by atoms with Gasteiger partial charge in [0.25, 0.3) is 0 Å². The summed E-state index contributed by atoms with van der Waals surface area (Å²) in [6, 6.07) is 15.0. The molecule has 2 aromatic carbocycles. The number of nitrogens with zero attached hydrogens (tertiary/aromatic N) is 3. The number of benzene rings is 2. The largest absolute Gasteiger partial charge is 0.494 e. The second-order valence-corrected chi connectivity index (χ2v) is 12.2. The number of ether oxygens (including phenoxy) is 1. The van der Waals surface area contributed by atoms with E-state index in [1.165, 1.54) is 0 Å². The van der Waals surface area contributed by atoms with Crippen molar-refractivity contribution in [1.29, 1.82) is 0 Å². The van der Waals surface area contributed by atoms with Crippen LogP contribution in [0.4, 0.5) is 5.69 Å². The van der Waals surface area contributed by atoms with Crippen molar-refractivity contribution in [2.75, 3.05) is 19.7 Å². The monoisotopic (exact) mass is 499 g/mol. The fourth-order valence-electron chi connectivity index (χ4n) is 4.18. The van der Waals surface area contributed by atoms with Crippen molar-refractivity contribution in [1.82, 2.24) is 8.87 Å². The lowest BCUT2D eigenvalue weighted by Crippen LogP contribution is -2.35. The van der Waals surface area contributed by atoms with Gasteiger partial charge in [0.2, 0.25) is 10.0 Å². The van der Waals surface area contributed by atoms with Crippen LogP contribution in [0.25, 0.3) is 11.3 Å². The second-order valence-electron chi connectivity index (χ2n) is 9.44. The standard InChI is InChI=1S/C26H33N3O3S2/c1-5-32-22-13-11-21(12-14-22)27-25-29(26(2,3)4)24(19-33-25)20-9-15-23(16-10-20)34(30,31)28-17-7-6-8-18-28/h9-16,19H,5-8,17-18H2,1-4H3. The maximum atomic E-state index is 13.0. The minimum absolute atomic E-state index is 0.210. The van der Waals surface area contributed by atoms with Gasteiger partial charge in [-0.05, 0) is 82.5 Å². The van der Waals surface area contributed by atoms with Gasteiger partial charge in [0.15, 0.2) is 4.80 Å². The highest BCUT2D eigenvalue weighted by Gasteiger charge is 2.26. The van der Waals surface area contributed by atoms with Crippen LogP contribution >= 0.6 is 11.3 Å². The van der Waals surface area contributed by atoms with E-state index in [-0.39, 0.29) is 5.54 Å². The van der Waals surface area contributed by atoms with Crippen LogP contribution in [0, 0.1) is 0 Å². The zero-order valence-corrected chi connectivity index (χ0v) is 22.0. The van der Waals surface area contributed by atoms with E-state index in [0.717, 1.165) is 46.8 Å². The predicted octanol–water partition coefficient (Wildman–Crippen LogP) is 5.78. The topological polar surface area (TPSA) is 63.9 Å². The van der Waals surface area contributed by atoms with Crippen LogP contribution in [0.3, 0.4) is 0 Å². The average Bonchev–Trinajstić information content (AvgIpc) is 3.25. The lowest BCUT2D eigenvalue weighted by molar-refractivity contribution is 0.340. The van der Waals surface area contributed by atoms with Crippen molar-refractivity contribution in [2.45, 2.75) is 57.4 Å². The van der Waals surface area contributed by atoms with Crippen LogP contribution in [0.5, 0.6) is 5.75 Å². The summed E-state index contributed by atoms with van der Waals surface area (Å²) in [6.45, 7) is 10.3. The summed E-state index contributed by atoms with van der Waals surface area (Å²) in [4.78, 5) is 6.14. The van der Waals surface area contributed by atoms with Gasteiger partial charge < -0.3 is 9.30 Å². The summed E-state index contributed by atoms with van der Waals surface area (Å²) >= 11 is 1.58. The minimum atomic E-state index is -3.44. The Morgan fingerprint density at radius 3 is 2.21 bits per heavy atom. The van der Waals surface area contributed by atoms with Gasteiger partial charge >= 0.3 is 0 Å². The summed E-state index contributed by atoms with van der Waals surface area (Å²) in [5, 5.41) is 2.09. The van der Waals surface area contributed by atoms with Gasteiger partial charge in [0.05, 0.1) is 22.9 Å². The summed E-state index contributed by atoms with van der Waals surface area (Å²) < 4.78 is 35.4. The van der Waals surface area contributed by atoms with Crippen molar-refractivity contribution in [3.05, 3.63) is 58.7 Å². The molecule has 0 saturated carbocycles. The van der Waals surface area contributed by atoms with Gasteiger partial charge in [0.1, 0.15) is 5.75 Å². The Kier molecular flexibility index (Phi) is 7.31. The maximum Gasteiger partial charge on any atom is 0.243 e. The number of thiazole rings is 1. The fourth-order valence-corrected chi connectivity index (χ4v) is 6.80. The molecule has 1 aliphatic heterocycles. The normalized spacial score (nSPS) is 16.1. The smallest absolute Gasteiger partial charge is 0.243 e. The van der Waals surface area contributed by atoms with E-state index in [1.54, 1.807) is 27.8 Å². The molecule has 8 heteroatoms. The summed E-state index contributed by atoms with van der Waals surface area (Å²) in [7, 11) is -3.44. The third-order valence-corrected chi connectivity index (χ3v) is 8.59. The Hall–Kier alpha value is -2.42. The molecule has 4 rings (SSSR count). The van der Waals surface area contributed by atoms with Crippen molar-refractivity contribution in [3.8, 4) is 17.0 Å². The van der Waals surface area contributed by atoms with E-state index in [1.807, 2.05) is 43.3 Å². The zero-order valence-electron chi connectivity index (χ0n) is 20.3. The lowest BCUT2D eigenvalue weighted by atomic mass is 10.1. The van der Waals surface area contributed by atoms with Crippen LogP contribution in [-0.2, 0) is 15.6 Å². The zero-order chi connectivity index (χ0) is 24.3. The molecule has 1 saturated heterocycles. The van der Waals surface area contributed by atoms with Crippen LogP contribution in [-0.4, -0.2) is 37.0 Å². The molecule has 0 spiro atoms. The Morgan fingerprint density at radius 1 is 0.971 bits per heavy atom. The Labute approximate surface area is 206 Å². The highest BCUT2D eigenvalue weighted by atomic mass is 32.2. The molecule has 0 atom stereocenters. The number of sulfonamides is 1. The molecular formula is C26H33N3O3S2. The van der Waals surface area contributed by atoms with E-state index < -0.39 is 10.0 Å². The first-order valence-electron chi connectivity index (χ1n) is 11.8. The SMILES string of the molecule is CCOc1ccc(N=c2scc(-c3ccc(S(=O)(=O)N4CCCCC4)cc3)n2C(C)(C)C)cc1. The first kappa shape index (κ1) is 24.7. The lowest BCUT2D eigenvalue weighted by Gasteiger charge is -2.26. The van der Waals surface area contributed by atoms with Crippen molar-refractivity contribution < 1.29 is 13.2 Å². The number of rotatable bonds is 6. The van der Waals surface area contributed by atoms with Crippen molar-refractivity contribution in [3.63, 3.8) is 0 Å². The number of hydrogen-bond donors (Lipinski definition) is 0. The molecule has 1 aromatic heterocycles. The van der Waals surface area contributed by atoms with E-state index in [4.69, 9.17) is 9.73 Å². The highest BCUT2D eigenvalue weighted by molar-refractivity contribution is 7.89. The Bertz CT molecular complexity index is 1280. The third-order valence-electron chi connectivity index (χ3n) is 5.85. The first-order chi connectivity index (χ1) is 16.2. The molecule has 0 N–H and O–H groups in total. The number of aromatic nitrogens is 1. The molecule has 1 fully saturated rings. The molecule has 182 valence electrons. The fraction of sp³-hybridized carbons (Fsp3) is 0.423. The molecular weight excluding hydrogens is 466 g/mol. The van der Waals surface area contributed by atoms with Gasteiger partial charge in [-0.25, -0.2) is 13.4 Å². The van der Waals surface area contributed by atoms with E-state index >= 15 is 0 Å². The van der Waals surface area contributed by atoms with Gasteiger partial charge in [0, 0.05) is 24.0 Å². The highest BCUT2D eigenvalue weighted by Crippen LogP contribution is 2.29. The summed E-state index contributed by atoms with van der Waals surface area (Å²) in [5.41, 5.74) is 2.64.